The van der Waals surface area contributed by atoms with E-state index in [0.717, 1.165) is 22.3 Å². The van der Waals surface area contributed by atoms with Gasteiger partial charge in [-0.25, -0.2) is 4.79 Å². The van der Waals surface area contributed by atoms with Gasteiger partial charge in [-0.1, -0.05) is 6.92 Å². The number of halogens is 1. The van der Waals surface area contributed by atoms with Crippen LogP contribution in [0.5, 0.6) is 5.75 Å². The number of rotatable bonds is 4. The van der Waals surface area contributed by atoms with E-state index in [1.807, 2.05) is 32.9 Å². The van der Waals surface area contributed by atoms with E-state index in [1.165, 1.54) is 0 Å². The van der Waals surface area contributed by atoms with Gasteiger partial charge in [-0.2, -0.15) is 0 Å². The minimum Gasteiger partial charge on any atom is -0.493 e. The third-order valence-electron chi connectivity index (χ3n) is 4.22. The Bertz CT molecular complexity index is 722. The zero-order chi connectivity index (χ0) is 15.7. The molecule has 5 heteroatoms. The molecule has 4 nitrogen and oxygen atoms in total. The molecular weight excluding hydrogens is 302 g/mol. The summed E-state index contributed by atoms with van der Waals surface area (Å²) in [5.41, 5.74) is 8.63. The van der Waals surface area contributed by atoms with Crippen LogP contribution in [0.15, 0.2) is 21.3 Å². The van der Waals surface area contributed by atoms with Gasteiger partial charge in [0.2, 0.25) is 0 Å². The van der Waals surface area contributed by atoms with Gasteiger partial charge in [-0.05, 0) is 45.4 Å². The summed E-state index contributed by atoms with van der Waals surface area (Å²) in [4.78, 5) is 11.8. The zero-order valence-corrected chi connectivity index (χ0v) is 14.5. The number of nitrogens with two attached hydrogens (primary N) is 1. The highest BCUT2D eigenvalue weighted by Gasteiger charge is 2.14. The van der Waals surface area contributed by atoms with E-state index in [-0.39, 0.29) is 30.0 Å². The first-order valence-electron chi connectivity index (χ1n) is 7.25. The van der Waals surface area contributed by atoms with E-state index in [1.54, 1.807) is 6.92 Å². The summed E-state index contributed by atoms with van der Waals surface area (Å²) in [6, 6.07) is 3.95. The summed E-state index contributed by atoms with van der Waals surface area (Å²) in [5, 5.41) is 0.956. The van der Waals surface area contributed by atoms with Gasteiger partial charge < -0.3 is 14.9 Å². The molecule has 0 saturated carbocycles. The third kappa shape index (κ3) is 3.45. The molecule has 2 atom stereocenters. The number of ether oxygens (including phenoxy) is 1. The summed E-state index contributed by atoms with van der Waals surface area (Å²) in [7, 11) is 0. The molecular formula is C17H24ClNO3. The molecule has 0 amide bonds. The SMILES string of the molecule is Cc1c(C)c2ccc(OCC(C)C(C)N)c(C)c2oc1=O.Cl. The van der Waals surface area contributed by atoms with Crippen molar-refractivity contribution in [3.05, 3.63) is 39.2 Å². The molecule has 0 spiro atoms. The molecule has 2 aromatic rings. The maximum Gasteiger partial charge on any atom is 0.339 e. The predicted octanol–water partition coefficient (Wildman–Crippen LogP) is 3.50. The van der Waals surface area contributed by atoms with Crippen molar-refractivity contribution in [2.45, 2.75) is 40.7 Å². The second-order valence-corrected chi connectivity index (χ2v) is 5.85. The van der Waals surface area contributed by atoms with Crippen molar-refractivity contribution < 1.29 is 9.15 Å². The van der Waals surface area contributed by atoms with Crippen molar-refractivity contribution in [2.75, 3.05) is 6.61 Å². The summed E-state index contributed by atoms with van der Waals surface area (Å²) >= 11 is 0. The Morgan fingerprint density at radius 3 is 2.36 bits per heavy atom. The smallest absolute Gasteiger partial charge is 0.339 e. The average Bonchev–Trinajstić information content (AvgIpc) is 2.44. The Morgan fingerprint density at radius 1 is 1.14 bits per heavy atom. The summed E-state index contributed by atoms with van der Waals surface area (Å²) in [5.74, 6) is 0.994. The monoisotopic (exact) mass is 325 g/mol. The van der Waals surface area contributed by atoms with Crippen molar-refractivity contribution in [1.82, 2.24) is 0 Å². The molecule has 0 fully saturated rings. The van der Waals surface area contributed by atoms with Crippen LogP contribution in [0, 0.1) is 26.7 Å². The lowest BCUT2D eigenvalue weighted by molar-refractivity contribution is 0.241. The van der Waals surface area contributed by atoms with Gasteiger partial charge in [0.25, 0.3) is 0 Å². The number of hydrogen-bond acceptors (Lipinski definition) is 4. The quantitative estimate of drug-likeness (QED) is 0.874. The van der Waals surface area contributed by atoms with E-state index in [0.29, 0.717) is 17.8 Å². The number of hydrogen-bond donors (Lipinski definition) is 1. The Hall–Kier alpha value is -1.52. The van der Waals surface area contributed by atoms with Crippen LogP contribution in [0.1, 0.15) is 30.5 Å². The topological polar surface area (TPSA) is 65.5 Å². The molecule has 0 aliphatic rings. The molecule has 2 unspecified atom stereocenters. The second-order valence-electron chi connectivity index (χ2n) is 5.85. The summed E-state index contributed by atoms with van der Waals surface area (Å²) in [6.07, 6.45) is 0. The minimum atomic E-state index is -0.288. The van der Waals surface area contributed by atoms with Crippen LogP contribution in [0.4, 0.5) is 0 Å². The van der Waals surface area contributed by atoms with E-state index in [4.69, 9.17) is 14.9 Å². The Balaban J connectivity index is 0.00000242. The van der Waals surface area contributed by atoms with Gasteiger partial charge in [0.1, 0.15) is 11.3 Å². The second kappa shape index (κ2) is 7.16. The van der Waals surface area contributed by atoms with E-state index in [2.05, 4.69) is 6.92 Å². The van der Waals surface area contributed by atoms with E-state index >= 15 is 0 Å². The fraction of sp³-hybridized carbons (Fsp3) is 0.471. The van der Waals surface area contributed by atoms with Crippen LogP contribution >= 0.6 is 12.4 Å². The lowest BCUT2D eigenvalue weighted by atomic mass is 10.0. The van der Waals surface area contributed by atoms with Gasteiger partial charge >= 0.3 is 5.63 Å². The standard InChI is InChI=1S/C17H23NO3.ClH/c1-9(13(5)18)8-20-15-7-6-14-10(2)11(3)17(19)21-16(14)12(15)4;/h6-7,9,13H,8,18H2,1-5H3;1H. The van der Waals surface area contributed by atoms with Gasteiger partial charge in [-0.15, -0.1) is 12.4 Å². The molecule has 2 rings (SSSR count). The first kappa shape index (κ1) is 18.5. The number of benzene rings is 1. The molecule has 0 aliphatic heterocycles. The molecule has 0 aliphatic carbocycles. The summed E-state index contributed by atoms with van der Waals surface area (Å²) in [6.45, 7) is 10.2. The predicted molar refractivity (Wildman–Crippen MR) is 92.3 cm³/mol. The Morgan fingerprint density at radius 2 is 1.77 bits per heavy atom. The van der Waals surface area contributed by atoms with Gasteiger partial charge in [0.15, 0.2) is 0 Å². The van der Waals surface area contributed by atoms with E-state index < -0.39 is 0 Å². The molecule has 122 valence electrons. The maximum atomic E-state index is 11.8. The summed E-state index contributed by atoms with van der Waals surface area (Å²) < 4.78 is 11.3. The average molecular weight is 326 g/mol. The Kier molecular flexibility index (Phi) is 6.03. The number of aryl methyl sites for hydroxylation is 2. The third-order valence-corrected chi connectivity index (χ3v) is 4.22. The van der Waals surface area contributed by atoms with Crippen LogP contribution in [-0.2, 0) is 0 Å². The molecule has 2 N–H and O–H groups in total. The zero-order valence-electron chi connectivity index (χ0n) is 13.7. The highest BCUT2D eigenvalue weighted by Crippen LogP contribution is 2.29. The van der Waals surface area contributed by atoms with Crippen LogP contribution in [-0.4, -0.2) is 12.6 Å². The first-order chi connectivity index (χ1) is 9.82. The highest BCUT2D eigenvalue weighted by atomic mass is 35.5. The van der Waals surface area contributed by atoms with Gasteiger partial charge in [-0.3, -0.25) is 0 Å². The van der Waals surface area contributed by atoms with Crippen molar-refractivity contribution in [3.8, 4) is 5.75 Å². The van der Waals surface area contributed by atoms with Crippen LogP contribution in [0.25, 0.3) is 11.0 Å². The molecule has 0 radical (unpaired) electrons. The fourth-order valence-corrected chi connectivity index (χ4v) is 2.15. The molecule has 0 bridgehead atoms. The fourth-order valence-electron chi connectivity index (χ4n) is 2.15. The van der Waals surface area contributed by atoms with E-state index in [9.17, 15) is 4.79 Å². The molecule has 22 heavy (non-hydrogen) atoms. The first-order valence-corrected chi connectivity index (χ1v) is 7.25. The normalized spacial score (nSPS) is 13.5. The molecule has 1 heterocycles. The molecule has 0 saturated heterocycles. The van der Waals surface area contributed by atoms with Crippen molar-refractivity contribution in [3.63, 3.8) is 0 Å². The van der Waals surface area contributed by atoms with Gasteiger partial charge in [0.05, 0.1) is 6.61 Å². The Labute approximate surface area is 137 Å². The lowest BCUT2D eigenvalue weighted by Crippen LogP contribution is -2.28. The maximum absolute atomic E-state index is 11.8. The molecule has 1 aromatic heterocycles. The van der Waals surface area contributed by atoms with Crippen LogP contribution in [0.3, 0.4) is 0 Å². The molecule has 1 aromatic carbocycles. The number of fused-ring (bicyclic) bond motifs is 1. The van der Waals surface area contributed by atoms with Gasteiger partial charge in [0, 0.05) is 28.5 Å². The highest BCUT2D eigenvalue weighted by molar-refractivity contribution is 5.85. The van der Waals surface area contributed by atoms with Crippen LogP contribution in [0.2, 0.25) is 0 Å². The van der Waals surface area contributed by atoms with Crippen molar-refractivity contribution in [2.24, 2.45) is 11.7 Å². The van der Waals surface area contributed by atoms with Crippen molar-refractivity contribution in [1.29, 1.82) is 0 Å². The minimum absolute atomic E-state index is 0. The largest absolute Gasteiger partial charge is 0.493 e. The lowest BCUT2D eigenvalue weighted by Gasteiger charge is -2.18. The van der Waals surface area contributed by atoms with Crippen LogP contribution < -0.4 is 16.1 Å². The van der Waals surface area contributed by atoms with Crippen molar-refractivity contribution >= 4 is 23.4 Å².